The highest BCUT2D eigenvalue weighted by molar-refractivity contribution is 5.71. The lowest BCUT2D eigenvalue weighted by Gasteiger charge is -2.22. The Kier molecular flexibility index (Phi) is 3.38. The van der Waals surface area contributed by atoms with Gasteiger partial charge < -0.3 is 5.11 Å². The zero-order valence-electron chi connectivity index (χ0n) is 10.1. The molecule has 0 amide bonds. The van der Waals surface area contributed by atoms with Gasteiger partial charge in [0, 0.05) is 18.8 Å². The number of likely N-dealkylation sites (tertiary alicyclic amines) is 1. The van der Waals surface area contributed by atoms with Gasteiger partial charge >= 0.3 is 5.97 Å². The zero-order valence-corrected chi connectivity index (χ0v) is 10.1. The molecule has 1 aliphatic rings. The second kappa shape index (κ2) is 4.79. The van der Waals surface area contributed by atoms with E-state index < -0.39 is 5.97 Å². The molecule has 92 valence electrons. The van der Waals surface area contributed by atoms with Crippen LogP contribution in [0.2, 0.25) is 0 Å². The van der Waals surface area contributed by atoms with Gasteiger partial charge in [0.2, 0.25) is 0 Å². The third kappa shape index (κ3) is 2.61. The zero-order chi connectivity index (χ0) is 12.4. The number of carboxylic acid groups (broad SMARTS) is 1. The number of carboxylic acids is 1. The molecular weight excluding hydrogens is 218 g/mol. The predicted octanol–water partition coefficient (Wildman–Crippen LogP) is 1.08. The van der Waals surface area contributed by atoms with Gasteiger partial charge in [0.15, 0.2) is 0 Å². The number of hydrogen-bond acceptors (Lipinski definition) is 4. The lowest BCUT2D eigenvalue weighted by atomic mass is 10.0. The topological polar surface area (TPSA) is 66.3 Å². The monoisotopic (exact) mass is 235 g/mol. The van der Waals surface area contributed by atoms with Crippen molar-refractivity contribution in [3.8, 4) is 0 Å². The van der Waals surface area contributed by atoms with E-state index in [1.54, 1.807) is 6.20 Å². The predicted molar refractivity (Wildman–Crippen MR) is 62.4 cm³/mol. The minimum Gasteiger partial charge on any atom is -0.481 e. The van der Waals surface area contributed by atoms with Crippen molar-refractivity contribution >= 4 is 5.97 Å². The largest absolute Gasteiger partial charge is 0.481 e. The molecule has 5 heteroatoms. The van der Waals surface area contributed by atoms with Crippen molar-refractivity contribution in [1.82, 2.24) is 14.9 Å². The normalized spacial score (nSPS) is 25.1. The van der Waals surface area contributed by atoms with Gasteiger partial charge in [0.1, 0.15) is 5.82 Å². The van der Waals surface area contributed by atoms with Gasteiger partial charge in [-0.05, 0) is 32.9 Å². The van der Waals surface area contributed by atoms with Crippen molar-refractivity contribution in [1.29, 1.82) is 0 Å². The molecule has 0 saturated carbocycles. The second-order valence-corrected chi connectivity index (χ2v) is 4.54. The minimum atomic E-state index is -0.695. The number of aryl methyl sites for hydroxylation is 1. The van der Waals surface area contributed by atoms with E-state index in [0.29, 0.717) is 6.54 Å². The van der Waals surface area contributed by atoms with Crippen molar-refractivity contribution < 1.29 is 9.90 Å². The van der Waals surface area contributed by atoms with Crippen LogP contribution in [0.25, 0.3) is 0 Å². The molecule has 0 aliphatic carbocycles. The maximum Gasteiger partial charge on any atom is 0.308 e. The smallest absolute Gasteiger partial charge is 0.308 e. The fraction of sp³-hybridized carbons (Fsp3) is 0.583. The third-order valence-electron chi connectivity index (χ3n) is 3.40. The second-order valence-electron chi connectivity index (χ2n) is 4.54. The average Bonchev–Trinajstić information content (AvgIpc) is 2.61. The summed E-state index contributed by atoms with van der Waals surface area (Å²) < 4.78 is 0. The summed E-state index contributed by atoms with van der Waals surface area (Å²) in [5.74, 6) is -0.194. The first-order valence-corrected chi connectivity index (χ1v) is 5.83. The van der Waals surface area contributed by atoms with E-state index in [0.717, 1.165) is 24.5 Å². The molecule has 0 bridgehead atoms. The van der Waals surface area contributed by atoms with E-state index in [9.17, 15) is 4.79 Å². The molecule has 1 N–H and O–H groups in total. The summed E-state index contributed by atoms with van der Waals surface area (Å²) in [6.45, 7) is 5.35. The molecule has 1 fully saturated rings. The van der Waals surface area contributed by atoms with Gasteiger partial charge in [-0.25, -0.2) is 9.97 Å². The first-order chi connectivity index (χ1) is 8.08. The molecule has 0 spiro atoms. The van der Waals surface area contributed by atoms with E-state index in [-0.39, 0.29) is 12.0 Å². The van der Waals surface area contributed by atoms with Crippen LogP contribution in [-0.2, 0) is 11.3 Å². The molecule has 1 aromatic rings. The van der Waals surface area contributed by atoms with Crippen LogP contribution < -0.4 is 0 Å². The molecule has 0 radical (unpaired) electrons. The number of aromatic nitrogens is 2. The number of nitrogens with zero attached hydrogens (tertiary/aromatic N) is 3. The Bertz CT molecular complexity index is 422. The van der Waals surface area contributed by atoms with Gasteiger partial charge in [-0.1, -0.05) is 0 Å². The third-order valence-corrected chi connectivity index (χ3v) is 3.40. The molecule has 2 rings (SSSR count). The summed E-state index contributed by atoms with van der Waals surface area (Å²) >= 11 is 0. The average molecular weight is 235 g/mol. The van der Waals surface area contributed by atoms with E-state index in [4.69, 9.17) is 5.11 Å². The molecule has 5 nitrogen and oxygen atoms in total. The Morgan fingerprint density at radius 3 is 3.00 bits per heavy atom. The van der Waals surface area contributed by atoms with Crippen molar-refractivity contribution in [2.75, 3.05) is 6.54 Å². The maximum absolute atomic E-state index is 11.0. The Hall–Kier alpha value is -1.49. The minimum absolute atomic E-state index is 0.0720. The Balaban J connectivity index is 2.03. The van der Waals surface area contributed by atoms with Crippen LogP contribution in [0, 0.1) is 12.8 Å². The van der Waals surface area contributed by atoms with E-state index in [1.807, 2.05) is 19.9 Å². The van der Waals surface area contributed by atoms with Gasteiger partial charge in [-0.2, -0.15) is 0 Å². The van der Waals surface area contributed by atoms with Crippen LogP contribution in [-0.4, -0.2) is 38.5 Å². The molecular formula is C12H17N3O2. The Morgan fingerprint density at radius 2 is 2.41 bits per heavy atom. The summed E-state index contributed by atoms with van der Waals surface area (Å²) in [4.78, 5) is 21.6. The molecule has 2 unspecified atom stereocenters. The van der Waals surface area contributed by atoms with Crippen LogP contribution in [0.3, 0.4) is 0 Å². The fourth-order valence-electron chi connectivity index (χ4n) is 2.36. The summed E-state index contributed by atoms with van der Waals surface area (Å²) in [7, 11) is 0. The molecule has 2 heterocycles. The molecule has 0 aromatic carbocycles. The van der Waals surface area contributed by atoms with Gasteiger partial charge in [-0.15, -0.1) is 0 Å². The number of carbonyl (C=O) groups is 1. The molecule has 1 saturated heterocycles. The van der Waals surface area contributed by atoms with Crippen LogP contribution in [0.1, 0.15) is 24.9 Å². The first kappa shape index (κ1) is 12.0. The van der Waals surface area contributed by atoms with E-state index in [1.165, 1.54) is 0 Å². The first-order valence-electron chi connectivity index (χ1n) is 5.83. The summed E-state index contributed by atoms with van der Waals surface area (Å²) in [6.07, 6.45) is 2.47. The molecule has 1 aliphatic heterocycles. The number of hydrogen-bond donors (Lipinski definition) is 1. The maximum atomic E-state index is 11.0. The number of rotatable bonds is 3. The summed E-state index contributed by atoms with van der Waals surface area (Å²) in [5, 5.41) is 9.06. The van der Waals surface area contributed by atoms with E-state index in [2.05, 4.69) is 14.9 Å². The van der Waals surface area contributed by atoms with Crippen molar-refractivity contribution in [2.45, 2.75) is 32.9 Å². The highest BCUT2D eigenvalue weighted by atomic mass is 16.4. The molecule has 1 aromatic heterocycles. The summed E-state index contributed by atoms with van der Waals surface area (Å²) in [6, 6.07) is 1.95. The van der Waals surface area contributed by atoms with Crippen LogP contribution >= 0.6 is 0 Å². The van der Waals surface area contributed by atoms with Crippen LogP contribution in [0.15, 0.2) is 12.3 Å². The standard InChI is InChI=1S/C12H17N3O2/c1-8-11(12(16)17)4-6-15(8)7-10-3-5-13-9(2)14-10/h3,5,8,11H,4,6-7H2,1-2H3,(H,16,17). The molecule has 17 heavy (non-hydrogen) atoms. The summed E-state index contributed by atoms with van der Waals surface area (Å²) in [5.41, 5.74) is 0.954. The van der Waals surface area contributed by atoms with Gasteiger partial charge in [-0.3, -0.25) is 9.69 Å². The van der Waals surface area contributed by atoms with Crippen LogP contribution in [0.5, 0.6) is 0 Å². The van der Waals surface area contributed by atoms with Crippen molar-refractivity contribution in [2.24, 2.45) is 5.92 Å². The highest BCUT2D eigenvalue weighted by Gasteiger charge is 2.35. The quantitative estimate of drug-likeness (QED) is 0.849. The fourth-order valence-corrected chi connectivity index (χ4v) is 2.36. The van der Waals surface area contributed by atoms with Crippen molar-refractivity contribution in [3.63, 3.8) is 0 Å². The molecule has 2 atom stereocenters. The van der Waals surface area contributed by atoms with Crippen LogP contribution in [0.4, 0.5) is 0 Å². The van der Waals surface area contributed by atoms with E-state index >= 15 is 0 Å². The Labute approximate surface area is 100 Å². The van der Waals surface area contributed by atoms with Gasteiger partial charge in [0.25, 0.3) is 0 Å². The number of aliphatic carboxylic acids is 1. The van der Waals surface area contributed by atoms with Gasteiger partial charge in [0.05, 0.1) is 11.6 Å². The lowest BCUT2D eigenvalue weighted by molar-refractivity contribution is -0.142. The Morgan fingerprint density at radius 1 is 1.65 bits per heavy atom. The SMILES string of the molecule is Cc1nccc(CN2CCC(C(=O)O)C2C)n1. The lowest BCUT2D eigenvalue weighted by Crippen LogP contribution is -2.32. The highest BCUT2D eigenvalue weighted by Crippen LogP contribution is 2.25. The van der Waals surface area contributed by atoms with Crippen molar-refractivity contribution in [3.05, 3.63) is 23.8 Å².